The SMILES string of the molecule is Cc1cc(C)n(/C(N)=C/C=C(\N)c2cccc(Cl)c2Cl)n1. The fourth-order valence-electron chi connectivity index (χ4n) is 1.95. The van der Waals surface area contributed by atoms with Gasteiger partial charge < -0.3 is 11.5 Å². The minimum Gasteiger partial charge on any atom is -0.398 e. The molecule has 1 aromatic carbocycles. The maximum absolute atomic E-state index is 6.13. The summed E-state index contributed by atoms with van der Waals surface area (Å²) in [6, 6.07) is 7.24. The van der Waals surface area contributed by atoms with Gasteiger partial charge in [0.2, 0.25) is 0 Å². The van der Waals surface area contributed by atoms with Gasteiger partial charge in [0.15, 0.2) is 0 Å². The zero-order valence-electron chi connectivity index (χ0n) is 11.8. The fraction of sp³-hybridized carbons (Fsp3) is 0.133. The lowest BCUT2D eigenvalue weighted by molar-refractivity contribution is 0.840. The molecule has 0 saturated carbocycles. The van der Waals surface area contributed by atoms with Gasteiger partial charge in [-0.05, 0) is 38.1 Å². The second-order valence-corrected chi connectivity index (χ2v) is 5.44. The van der Waals surface area contributed by atoms with E-state index in [2.05, 4.69) is 5.10 Å². The third-order valence-corrected chi connectivity index (χ3v) is 3.77. The first-order valence-electron chi connectivity index (χ1n) is 6.31. The molecule has 4 nitrogen and oxygen atoms in total. The van der Waals surface area contributed by atoms with Crippen molar-refractivity contribution in [1.82, 2.24) is 9.78 Å². The van der Waals surface area contributed by atoms with Crippen LogP contribution in [-0.2, 0) is 0 Å². The van der Waals surface area contributed by atoms with E-state index in [1.807, 2.05) is 19.9 Å². The molecule has 0 unspecified atom stereocenters. The van der Waals surface area contributed by atoms with Crippen molar-refractivity contribution in [1.29, 1.82) is 0 Å². The fourth-order valence-corrected chi connectivity index (χ4v) is 2.36. The number of allylic oxidation sites excluding steroid dienone is 2. The normalized spacial score (nSPS) is 12.8. The molecule has 0 atom stereocenters. The summed E-state index contributed by atoms with van der Waals surface area (Å²) in [5.74, 6) is 0.474. The molecule has 4 N–H and O–H groups in total. The molecule has 1 aromatic heterocycles. The summed E-state index contributed by atoms with van der Waals surface area (Å²) in [6.07, 6.45) is 3.37. The van der Waals surface area contributed by atoms with Crippen LogP contribution in [0, 0.1) is 13.8 Å². The predicted octanol–water partition coefficient (Wildman–Crippen LogP) is 3.56. The summed E-state index contributed by atoms with van der Waals surface area (Å²) < 4.78 is 1.65. The van der Waals surface area contributed by atoms with Gasteiger partial charge in [-0.2, -0.15) is 5.10 Å². The Morgan fingerprint density at radius 1 is 1.19 bits per heavy atom. The molecule has 21 heavy (non-hydrogen) atoms. The third-order valence-electron chi connectivity index (χ3n) is 2.95. The standard InChI is InChI=1S/C15H16Cl2N4/c1-9-8-10(2)21(20-9)14(19)7-6-13(18)11-4-3-5-12(16)15(11)17/h3-8H,18-19H2,1-2H3/b13-6-,14-7+. The van der Waals surface area contributed by atoms with Gasteiger partial charge in [0, 0.05) is 17.0 Å². The van der Waals surface area contributed by atoms with E-state index >= 15 is 0 Å². The minimum absolute atomic E-state index is 0.422. The van der Waals surface area contributed by atoms with Gasteiger partial charge in [-0.25, -0.2) is 4.68 Å². The van der Waals surface area contributed by atoms with Crippen LogP contribution in [-0.4, -0.2) is 9.78 Å². The quantitative estimate of drug-likeness (QED) is 0.849. The van der Waals surface area contributed by atoms with Crippen LogP contribution in [0.1, 0.15) is 17.0 Å². The van der Waals surface area contributed by atoms with E-state index in [-0.39, 0.29) is 0 Å². The number of aromatic nitrogens is 2. The minimum atomic E-state index is 0.422. The Balaban J connectivity index is 2.33. The van der Waals surface area contributed by atoms with Crippen molar-refractivity contribution >= 4 is 34.7 Å². The van der Waals surface area contributed by atoms with E-state index in [9.17, 15) is 0 Å². The Morgan fingerprint density at radius 3 is 2.52 bits per heavy atom. The first-order chi connectivity index (χ1) is 9.90. The molecular weight excluding hydrogens is 307 g/mol. The molecule has 0 fully saturated rings. The van der Waals surface area contributed by atoms with Gasteiger partial charge in [0.05, 0.1) is 15.7 Å². The lowest BCUT2D eigenvalue weighted by atomic mass is 10.1. The van der Waals surface area contributed by atoms with E-state index in [0.717, 1.165) is 11.4 Å². The monoisotopic (exact) mass is 322 g/mol. The maximum atomic E-state index is 6.13. The molecule has 6 heteroatoms. The predicted molar refractivity (Wildman–Crippen MR) is 88.8 cm³/mol. The van der Waals surface area contributed by atoms with Crippen molar-refractivity contribution in [3.63, 3.8) is 0 Å². The molecule has 1 heterocycles. The Hall–Kier alpha value is -1.91. The number of rotatable bonds is 3. The number of nitrogens with two attached hydrogens (primary N) is 2. The van der Waals surface area contributed by atoms with E-state index in [0.29, 0.717) is 27.1 Å². The van der Waals surface area contributed by atoms with E-state index in [1.165, 1.54) is 0 Å². The molecule has 0 radical (unpaired) electrons. The van der Waals surface area contributed by atoms with Crippen LogP contribution in [0.25, 0.3) is 11.5 Å². The van der Waals surface area contributed by atoms with E-state index in [4.69, 9.17) is 34.7 Å². The van der Waals surface area contributed by atoms with Gasteiger partial charge in [0.25, 0.3) is 0 Å². The van der Waals surface area contributed by atoms with Crippen molar-refractivity contribution in [3.05, 3.63) is 63.4 Å². The average molecular weight is 323 g/mol. The number of hydrogen-bond donors (Lipinski definition) is 2. The highest BCUT2D eigenvalue weighted by Gasteiger charge is 2.06. The zero-order valence-corrected chi connectivity index (χ0v) is 13.3. The lowest BCUT2D eigenvalue weighted by Gasteiger charge is -2.06. The summed E-state index contributed by atoms with van der Waals surface area (Å²) >= 11 is 12.1. The Kier molecular flexibility index (Phi) is 4.60. The third kappa shape index (κ3) is 3.40. The van der Waals surface area contributed by atoms with Gasteiger partial charge in [-0.1, -0.05) is 35.3 Å². The highest BCUT2D eigenvalue weighted by molar-refractivity contribution is 6.43. The molecule has 110 valence electrons. The van der Waals surface area contributed by atoms with Crippen molar-refractivity contribution < 1.29 is 0 Å². The van der Waals surface area contributed by atoms with Crippen molar-refractivity contribution in [2.75, 3.05) is 0 Å². The molecule has 0 aliphatic carbocycles. The largest absolute Gasteiger partial charge is 0.398 e. The van der Waals surface area contributed by atoms with Crippen LogP contribution in [0.4, 0.5) is 0 Å². The summed E-state index contributed by atoms with van der Waals surface area (Å²) in [5, 5.41) is 5.18. The van der Waals surface area contributed by atoms with Gasteiger partial charge >= 0.3 is 0 Å². The van der Waals surface area contributed by atoms with Crippen molar-refractivity contribution in [2.45, 2.75) is 13.8 Å². The average Bonchev–Trinajstić information content (AvgIpc) is 2.78. The molecule has 0 bridgehead atoms. The Labute approximate surface area is 133 Å². The van der Waals surface area contributed by atoms with Crippen molar-refractivity contribution in [3.8, 4) is 0 Å². The van der Waals surface area contributed by atoms with E-state index < -0.39 is 0 Å². The Morgan fingerprint density at radius 2 is 1.90 bits per heavy atom. The summed E-state index contributed by atoms with van der Waals surface area (Å²) in [4.78, 5) is 0. The zero-order chi connectivity index (χ0) is 15.6. The molecule has 0 spiro atoms. The molecule has 0 amide bonds. The van der Waals surface area contributed by atoms with Crippen LogP contribution >= 0.6 is 23.2 Å². The molecule has 0 aliphatic rings. The topological polar surface area (TPSA) is 69.9 Å². The number of aryl methyl sites for hydroxylation is 2. The smallest absolute Gasteiger partial charge is 0.125 e. The van der Waals surface area contributed by atoms with Gasteiger partial charge in [-0.3, -0.25) is 0 Å². The maximum Gasteiger partial charge on any atom is 0.125 e. The molecule has 2 aromatic rings. The number of halogens is 2. The van der Waals surface area contributed by atoms with Gasteiger partial charge in [0.1, 0.15) is 5.82 Å². The molecule has 2 rings (SSSR count). The number of nitrogens with zero attached hydrogens (tertiary/aromatic N) is 2. The first-order valence-corrected chi connectivity index (χ1v) is 7.06. The summed E-state index contributed by atoms with van der Waals surface area (Å²) in [5.41, 5.74) is 15.0. The molecule has 0 aliphatic heterocycles. The second-order valence-electron chi connectivity index (χ2n) is 4.65. The number of hydrogen-bond acceptors (Lipinski definition) is 3. The first kappa shape index (κ1) is 15.5. The molecule has 0 saturated heterocycles. The van der Waals surface area contributed by atoms with Crippen LogP contribution in [0.2, 0.25) is 10.0 Å². The summed E-state index contributed by atoms with van der Waals surface area (Å²) in [6.45, 7) is 3.84. The van der Waals surface area contributed by atoms with Gasteiger partial charge in [-0.15, -0.1) is 0 Å². The van der Waals surface area contributed by atoms with E-state index in [1.54, 1.807) is 35.0 Å². The Bertz CT molecular complexity index is 729. The van der Waals surface area contributed by atoms with Crippen molar-refractivity contribution in [2.24, 2.45) is 11.5 Å². The van der Waals surface area contributed by atoms with Crippen LogP contribution in [0.3, 0.4) is 0 Å². The van der Waals surface area contributed by atoms with Crippen LogP contribution < -0.4 is 11.5 Å². The van der Waals surface area contributed by atoms with Crippen LogP contribution in [0.5, 0.6) is 0 Å². The molecular formula is C15H16Cl2N4. The highest BCUT2D eigenvalue weighted by Crippen LogP contribution is 2.28. The number of benzene rings is 1. The lowest BCUT2D eigenvalue weighted by Crippen LogP contribution is -2.09. The highest BCUT2D eigenvalue weighted by atomic mass is 35.5. The van der Waals surface area contributed by atoms with Crippen LogP contribution in [0.15, 0.2) is 36.4 Å². The second kappa shape index (κ2) is 6.24. The summed E-state index contributed by atoms with van der Waals surface area (Å²) in [7, 11) is 0.